The molecular weight excluding hydrogens is 172 g/mol. The van der Waals surface area contributed by atoms with E-state index in [1.807, 2.05) is 6.07 Å². The zero-order chi connectivity index (χ0) is 10.0. The van der Waals surface area contributed by atoms with Crippen molar-refractivity contribution in [2.24, 2.45) is 0 Å². The molecule has 2 atom stereocenters. The van der Waals surface area contributed by atoms with Crippen molar-refractivity contribution in [1.82, 2.24) is 0 Å². The highest BCUT2D eigenvalue weighted by Gasteiger charge is 2.32. The Labute approximate surface area is 85.8 Å². The maximum absolute atomic E-state index is 9.71. The predicted molar refractivity (Wildman–Crippen MR) is 58.3 cm³/mol. The van der Waals surface area contributed by atoms with Crippen molar-refractivity contribution in [1.29, 1.82) is 0 Å². The number of hydrogen-bond donors (Lipinski definition) is 1. The minimum Gasteiger partial charge on any atom is -0.393 e. The average molecular weight is 190 g/mol. The fraction of sp³-hybridized carbons (Fsp3) is 0.538. The van der Waals surface area contributed by atoms with Crippen LogP contribution in [-0.4, -0.2) is 11.2 Å². The minimum absolute atomic E-state index is 0.103. The second-order valence-electron chi connectivity index (χ2n) is 4.68. The lowest BCUT2D eigenvalue weighted by Crippen LogP contribution is -2.32. The summed E-state index contributed by atoms with van der Waals surface area (Å²) in [5.74, 6) is 0. The van der Waals surface area contributed by atoms with Gasteiger partial charge in [-0.2, -0.15) is 0 Å². The first-order valence-corrected chi connectivity index (χ1v) is 5.44. The van der Waals surface area contributed by atoms with Crippen molar-refractivity contribution < 1.29 is 5.11 Å². The second kappa shape index (κ2) is 3.74. The Morgan fingerprint density at radius 1 is 1.29 bits per heavy atom. The summed E-state index contributed by atoms with van der Waals surface area (Å²) in [4.78, 5) is 0. The molecule has 2 rings (SSSR count). The number of aliphatic hydroxyl groups is 1. The van der Waals surface area contributed by atoms with Crippen molar-refractivity contribution in [3.05, 3.63) is 35.9 Å². The van der Waals surface area contributed by atoms with Crippen LogP contribution in [0.4, 0.5) is 0 Å². The Morgan fingerprint density at radius 3 is 2.64 bits per heavy atom. The third-order valence-electron chi connectivity index (χ3n) is 3.42. The second-order valence-corrected chi connectivity index (χ2v) is 4.68. The number of benzene rings is 1. The van der Waals surface area contributed by atoms with E-state index in [9.17, 15) is 5.11 Å². The molecule has 0 saturated heterocycles. The molecule has 1 aliphatic carbocycles. The Hall–Kier alpha value is -0.820. The molecule has 1 heteroatoms. The van der Waals surface area contributed by atoms with Crippen LogP contribution in [0.1, 0.15) is 38.2 Å². The third kappa shape index (κ3) is 1.83. The van der Waals surface area contributed by atoms with Crippen LogP contribution in [0.25, 0.3) is 0 Å². The van der Waals surface area contributed by atoms with Gasteiger partial charge < -0.3 is 5.11 Å². The van der Waals surface area contributed by atoms with Gasteiger partial charge in [0.2, 0.25) is 0 Å². The van der Waals surface area contributed by atoms with Gasteiger partial charge in [0, 0.05) is 0 Å². The van der Waals surface area contributed by atoms with E-state index in [-0.39, 0.29) is 11.5 Å². The zero-order valence-electron chi connectivity index (χ0n) is 8.74. The van der Waals surface area contributed by atoms with E-state index in [1.54, 1.807) is 0 Å². The molecule has 1 aromatic carbocycles. The first kappa shape index (κ1) is 9.72. The summed E-state index contributed by atoms with van der Waals surface area (Å²) in [6.07, 6.45) is 4.13. The third-order valence-corrected chi connectivity index (χ3v) is 3.42. The number of rotatable bonds is 1. The largest absolute Gasteiger partial charge is 0.393 e. The van der Waals surface area contributed by atoms with E-state index >= 15 is 0 Å². The molecule has 1 saturated carbocycles. The van der Waals surface area contributed by atoms with Gasteiger partial charge in [0.15, 0.2) is 0 Å². The summed E-state index contributed by atoms with van der Waals surface area (Å²) in [6.45, 7) is 2.27. The van der Waals surface area contributed by atoms with Crippen molar-refractivity contribution in [2.45, 2.75) is 44.1 Å². The van der Waals surface area contributed by atoms with Gasteiger partial charge in [0.1, 0.15) is 0 Å². The fourth-order valence-corrected chi connectivity index (χ4v) is 2.55. The van der Waals surface area contributed by atoms with Gasteiger partial charge in [-0.15, -0.1) is 0 Å². The van der Waals surface area contributed by atoms with Crippen LogP contribution in [-0.2, 0) is 5.41 Å². The van der Waals surface area contributed by atoms with E-state index in [2.05, 4.69) is 31.2 Å². The Balaban J connectivity index is 2.23. The molecule has 0 amide bonds. The van der Waals surface area contributed by atoms with Crippen LogP contribution in [0.5, 0.6) is 0 Å². The van der Waals surface area contributed by atoms with Gasteiger partial charge in [-0.3, -0.25) is 0 Å². The SMILES string of the molecule is CC1(c2ccccc2)CCCC(O)C1. The molecule has 0 spiro atoms. The molecule has 1 fully saturated rings. The summed E-state index contributed by atoms with van der Waals surface area (Å²) in [6, 6.07) is 10.6. The van der Waals surface area contributed by atoms with Crippen molar-refractivity contribution in [3.8, 4) is 0 Å². The molecule has 2 unspecified atom stereocenters. The molecular formula is C13H18O. The standard InChI is InChI=1S/C13H18O/c1-13(9-5-8-12(14)10-13)11-6-3-2-4-7-11/h2-4,6-7,12,14H,5,8-10H2,1H3. The normalized spacial score (nSPS) is 32.9. The number of hydrogen-bond acceptors (Lipinski definition) is 1. The molecule has 0 radical (unpaired) electrons. The van der Waals surface area contributed by atoms with E-state index in [0.717, 1.165) is 19.3 Å². The Kier molecular flexibility index (Phi) is 2.60. The van der Waals surface area contributed by atoms with E-state index in [4.69, 9.17) is 0 Å². The lowest BCUT2D eigenvalue weighted by molar-refractivity contribution is 0.0909. The monoisotopic (exact) mass is 190 g/mol. The van der Waals surface area contributed by atoms with Gasteiger partial charge in [-0.1, -0.05) is 43.7 Å². The maximum atomic E-state index is 9.71. The summed E-state index contributed by atoms with van der Waals surface area (Å²) < 4.78 is 0. The van der Waals surface area contributed by atoms with Crippen molar-refractivity contribution in [3.63, 3.8) is 0 Å². The fourth-order valence-electron chi connectivity index (χ4n) is 2.55. The van der Waals surface area contributed by atoms with Crippen LogP contribution in [0.15, 0.2) is 30.3 Å². The first-order chi connectivity index (χ1) is 6.71. The highest BCUT2D eigenvalue weighted by molar-refractivity contribution is 5.25. The smallest absolute Gasteiger partial charge is 0.0548 e. The first-order valence-electron chi connectivity index (χ1n) is 5.44. The highest BCUT2D eigenvalue weighted by Crippen LogP contribution is 2.38. The van der Waals surface area contributed by atoms with Gasteiger partial charge in [0.05, 0.1) is 6.10 Å². The van der Waals surface area contributed by atoms with Crippen LogP contribution >= 0.6 is 0 Å². The van der Waals surface area contributed by atoms with Crippen LogP contribution < -0.4 is 0 Å². The molecule has 1 nitrogen and oxygen atoms in total. The van der Waals surface area contributed by atoms with Gasteiger partial charge in [-0.05, 0) is 30.2 Å². The summed E-state index contributed by atoms with van der Waals surface area (Å²) >= 11 is 0. The molecule has 1 aromatic rings. The molecule has 1 N–H and O–H groups in total. The van der Waals surface area contributed by atoms with E-state index < -0.39 is 0 Å². The zero-order valence-corrected chi connectivity index (χ0v) is 8.74. The summed E-state index contributed by atoms with van der Waals surface area (Å²) in [5.41, 5.74) is 1.57. The number of aliphatic hydroxyl groups excluding tert-OH is 1. The van der Waals surface area contributed by atoms with E-state index in [0.29, 0.717) is 0 Å². The summed E-state index contributed by atoms with van der Waals surface area (Å²) in [7, 11) is 0. The molecule has 14 heavy (non-hydrogen) atoms. The topological polar surface area (TPSA) is 20.2 Å². The lowest BCUT2D eigenvalue weighted by Gasteiger charge is -2.36. The molecule has 0 heterocycles. The quantitative estimate of drug-likeness (QED) is 0.722. The van der Waals surface area contributed by atoms with Crippen molar-refractivity contribution in [2.75, 3.05) is 0 Å². The lowest BCUT2D eigenvalue weighted by atomic mass is 9.70. The van der Waals surface area contributed by atoms with Gasteiger partial charge >= 0.3 is 0 Å². The molecule has 0 aromatic heterocycles. The molecule has 0 aliphatic heterocycles. The Bertz CT molecular complexity index is 293. The maximum Gasteiger partial charge on any atom is 0.0548 e. The molecule has 0 bridgehead atoms. The predicted octanol–water partition coefficient (Wildman–Crippen LogP) is 2.88. The van der Waals surface area contributed by atoms with Gasteiger partial charge in [0.25, 0.3) is 0 Å². The van der Waals surface area contributed by atoms with Crippen LogP contribution in [0.3, 0.4) is 0 Å². The van der Waals surface area contributed by atoms with Crippen LogP contribution in [0, 0.1) is 0 Å². The van der Waals surface area contributed by atoms with Crippen LogP contribution in [0.2, 0.25) is 0 Å². The summed E-state index contributed by atoms with van der Waals surface area (Å²) in [5, 5.41) is 9.71. The minimum atomic E-state index is -0.103. The van der Waals surface area contributed by atoms with Crippen molar-refractivity contribution >= 4 is 0 Å². The van der Waals surface area contributed by atoms with Gasteiger partial charge in [-0.25, -0.2) is 0 Å². The molecule has 76 valence electrons. The molecule has 1 aliphatic rings. The average Bonchev–Trinajstić information content (AvgIpc) is 2.19. The highest BCUT2D eigenvalue weighted by atomic mass is 16.3. The Morgan fingerprint density at radius 2 is 2.00 bits per heavy atom. The van der Waals surface area contributed by atoms with E-state index in [1.165, 1.54) is 12.0 Å².